The van der Waals surface area contributed by atoms with Gasteiger partial charge in [-0.3, -0.25) is 4.98 Å². The highest BCUT2D eigenvalue weighted by molar-refractivity contribution is 9.10. The molecule has 0 radical (unpaired) electrons. The van der Waals surface area contributed by atoms with Crippen LogP contribution in [0.5, 0.6) is 0 Å². The average Bonchev–Trinajstić information content (AvgIpc) is 2.44. The molecule has 3 aromatic rings. The van der Waals surface area contributed by atoms with Crippen molar-refractivity contribution < 1.29 is 0 Å². The number of pyridine rings is 1. The summed E-state index contributed by atoms with van der Waals surface area (Å²) < 4.78 is 1.09. The zero-order valence-corrected chi connectivity index (χ0v) is 12.8. The van der Waals surface area contributed by atoms with Gasteiger partial charge < -0.3 is 5.32 Å². The van der Waals surface area contributed by atoms with Crippen LogP contribution < -0.4 is 5.32 Å². The number of aryl methyl sites for hydroxylation is 1. The normalized spacial score (nSPS) is 10.7. The second kappa shape index (κ2) is 5.63. The van der Waals surface area contributed by atoms with E-state index in [1.54, 1.807) is 0 Å². The van der Waals surface area contributed by atoms with Crippen molar-refractivity contribution in [3.63, 3.8) is 0 Å². The van der Waals surface area contributed by atoms with Crippen molar-refractivity contribution in [3.05, 3.63) is 70.5 Å². The molecule has 0 amide bonds. The van der Waals surface area contributed by atoms with Gasteiger partial charge in [0.1, 0.15) is 0 Å². The molecule has 0 aliphatic heterocycles. The Morgan fingerprint density at radius 3 is 2.80 bits per heavy atom. The van der Waals surface area contributed by atoms with Crippen LogP contribution in [0.2, 0.25) is 0 Å². The smallest absolute Gasteiger partial charge is 0.0422 e. The standard InChI is InChI=1S/C17H15BrN2/c1-12-6-15(18)8-16(7-12)20-11-14-10-19-9-13-4-2-3-5-17(13)14/h2-10,20H,11H2,1H3. The quantitative estimate of drug-likeness (QED) is 0.739. The summed E-state index contributed by atoms with van der Waals surface area (Å²) in [6.07, 6.45) is 3.84. The van der Waals surface area contributed by atoms with Gasteiger partial charge in [-0.05, 0) is 41.6 Å². The molecule has 0 saturated heterocycles. The van der Waals surface area contributed by atoms with Gasteiger partial charge in [0.2, 0.25) is 0 Å². The zero-order chi connectivity index (χ0) is 13.9. The van der Waals surface area contributed by atoms with Gasteiger partial charge in [-0.1, -0.05) is 40.2 Å². The first-order valence-electron chi connectivity index (χ1n) is 6.55. The first-order chi connectivity index (χ1) is 9.72. The minimum Gasteiger partial charge on any atom is -0.381 e. The van der Waals surface area contributed by atoms with E-state index in [9.17, 15) is 0 Å². The third-order valence-electron chi connectivity index (χ3n) is 3.28. The lowest BCUT2D eigenvalue weighted by Gasteiger charge is -2.10. The third-order valence-corrected chi connectivity index (χ3v) is 3.73. The minimum atomic E-state index is 0.768. The molecule has 2 nitrogen and oxygen atoms in total. The van der Waals surface area contributed by atoms with Crippen LogP contribution in [0.4, 0.5) is 5.69 Å². The molecule has 3 heteroatoms. The van der Waals surface area contributed by atoms with E-state index in [1.165, 1.54) is 21.9 Å². The fourth-order valence-electron chi connectivity index (χ4n) is 2.36. The molecular formula is C17H15BrN2. The van der Waals surface area contributed by atoms with E-state index in [0.717, 1.165) is 16.7 Å². The van der Waals surface area contributed by atoms with E-state index in [1.807, 2.05) is 18.5 Å². The molecule has 2 aromatic carbocycles. The summed E-state index contributed by atoms with van der Waals surface area (Å²) in [5, 5.41) is 5.89. The molecule has 0 bridgehead atoms. The number of nitrogens with one attached hydrogen (secondary N) is 1. The molecule has 0 fully saturated rings. The minimum absolute atomic E-state index is 0.768. The number of aromatic nitrogens is 1. The van der Waals surface area contributed by atoms with Crippen LogP contribution in [0.25, 0.3) is 10.8 Å². The maximum atomic E-state index is 4.31. The Bertz CT molecular complexity index is 727. The van der Waals surface area contributed by atoms with E-state index < -0.39 is 0 Å². The van der Waals surface area contributed by atoms with E-state index in [4.69, 9.17) is 0 Å². The van der Waals surface area contributed by atoms with Crippen LogP contribution in [0.1, 0.15) is 11.1 Å². The lowest BCUT2D eigenvalue weighted by molar-refractivity contribution is 1.13. The van der Waals surface area contributed by atoms with Crippen molar-refractivity contribution in [1.29, 1.82) is 0 Å². The highest BCUT2D eigenvalue weighted by Crippen LogP contribution is 2.21. The SMILES string of the molecule is Cc1cc(Br)cc(NCc2cncc3ccccc23)c1. The highest BCUT2D eigenvalue weighted by atomic mass is 79.9. The van der Waals surface area contributed by atoms with Crippen molar-refractivity contribution in [2.24, 2.45) is 0 Å². The summed E-state index contributed by atoms with van der Waals surface area (Å²) in [6, 6.07) is 14.7. The van der Waals surface area contributed by atoms with Crippen LogP contribution in [-0.4, -0.2) is 4.98 Å². The topological polar surface area (TPSA) is 24.9 Å². The maximum absolute atomic E-state index is 4.31. The predicted octanol–water partition coefficient (Wildman–Crippen LogP) is 4.92. The van der Waals surface area contributed by atoms with Crippen LogP contribution >= 0.6 is 15.9 Å². The van der Waals surface area contributed by atoms with E-state index in [0.29, 0.717) is 0 Å². The van der Waals surface area contributed by atoms with Gasteiger partial charge in [-0.15, -0.1) is 0 Å². The fraction of sp³-hybridized carbons (Fsp3) is 0.118. The Hall–Kier alpha value is -1.87. The molecule has 0 spiro atoms. The number of hydrogen-bond donors (Lipinski definition) is 1. The molecule has 0 aliphatic rings. The highest BCUT2D eigenvalue weighted by Gasteiger charge is 2.02. The Balaban J connectivity index is 1.87. The number of hydrogen-bond acceptors (Lipinski definition) is 2. The van der Waals surface area contributed by atoms with Crippen LogP contribution in [-0.2, 0) is 6.54 Å². The zero-order valence-electron chi connectivity index (χ0n) is 11.2. The molecule has 1 heterocycles. The van der Waals surface area contributed by atoms with Gasteiger partial charge in [-0.25, -0.2) is 0 Å². The Morgan fingerprint density at radius 1 is 1.10 bits per heavy atom. The average molecular weight is 327 g/mol. The fourth-order valence-corrected chi connectivity index (χ4v) is 2.96. The summed E-state index contributed by atoms with van der Waals surface area (Å²) in [7, 11) is 0. The number of nitrogens with zero attached hydrogens (tertiary/aromatic N) is 1. The number of benzene rings is 2. The monoisotopic (exact) mass is 326 g/mol. The molecule has 0 unspecified atom stereocenters. The maximum Gasteiger partial charge on any atom is 0.0422 e. The molecule has 0 saturated carbocycles. The lowest BCUT2D eigenvalue weighted by atomic mass is 10.1. The van der Waals surface area contributed by atoms with E-state index >= 15 is 0 Å². The van der Waals surface area contributed by atoms with Crippen molar-refractivity contribution >= 4 is 32.4 Å². The number of halogens is 1. The Morgan fingerprint density at radius 2 is 1.95 bits per heavy atom. The Kier molecular flexibility index (Phi) is 3.70. The Labute approximate surface area is 127 Å². The van der Waals surface area contributed by atoms with Crippen molar-refractivity contribution in [1.82, 2.24) is 4.98 Å². The largest absolute Gasteiger partial charge is 0.381 e. The second-order valence-electron chi connectivity index (χ2n) is 4.89. The molecule has 3 rings (SSSR count). The number of anilines is 1. The second-order valence-corrected chi connectivity index (χ2v) is 5.81. The lowest BCUT2D eigenvalue weighted by Crippen LogP contribution is -2.01. The van der Waals surface area contributed by atoms with Crippen LogP contribution in [0, 0.1) is 6.92 Å². The molecule has 20 heavy (non-hydrogen) atoms. The summed E-state index contributed by atoms with van der Waals surface area (Å²) in [5.74, 6) is 0. The summed E-state index contributed by atoms with van der Waals surface area (Å²) in [5.41, 5.74) is 3.56. The van der Waals surface area contributed by atoms with Crippen LogP contribution in [0.3, 0.4) is 0 Å². The molecule has 0 atom stereocenters. The van der Waals surface area contributed by atoms with Gasteiger partial charge >= 0.3 is 0 Å². The van der Waals surface area contributed by atoms with Gasteiger partial charge in [0.15, 0.2) is 0 Å². The van der Waals surface area contributed by atoms with E-state index in [-0.39, 0.29) is 0 Å². The first kappa shape index (κ1) is 13.1. The van der Waals surface area contributed by atoms with Gasteiger partial charge in [0.05, 0.1) is 0 Å². The molecule has 1 N–H and O–H groups in total. The molecule has 100 valence electrons. The summed E-state index contributed by atoms with van der Waals surface area (Å²) in [6.45, 7) is 2.86. The van der Waals surface area contributed by atoms with E-state index in [2.05, 4.69) is 69.6 Å². The van der Waals surface area contributed by atoms with Crippen molar-refractivity contribution in [3.8, 4) is 0 Å². The van der Waals surface area contributed by atoms with Crippen molar-refractivity contribution in [2.75, 3.05) is 5.32 Å². The summed E-state index contributed by atoms with van der Waals surface area (Å²) in [4.78, 5) is 4.31. The number of fused-ring (bicyclic) bond motifs is 1. The first-order valence-corrected chi connectivity index (χ1v) is 7.34. The predicted molar refractivity (Wildman–Crippen MR) is 87.9 cm³/mol. The molecule has 0 aliphatic carbocycles. The van der Waals surface area contributed by atoms with Gasteiger partial charge in [-0.2, -0.15) is 0 Å². The molecular weight excluding hydrogens is 312 g/mol. The molecule has 1 aromatic heterocycles. The van der Waals surface area contributed by atoms with Gasteiger partial charge in [0.25, 0.3) is 0 Å². The van der Waals surface area contributed by atoms with Crippen molar-refractivity contribution in [2.45, 2.75) is 13.5 Å². The van der Waals surface area contributed by atoms with Gasteiger partial charge in [0, 0.05) is 34.5 Å². The summed E-state index contributed by atoms with van der Waals surface area (Å²) >= 11 is 3.53. The van der Waals surface area contributed by atoms with Crippen LogP contribution in [0.15, 0.2) is 59.3 Å². The number of rotatable bonds is 3. The third kappa shape index (κ3) is 2.83.